The Morgan fingerprint density at radius 2 is 2.04 bits per heavy atom. The summed E-state index contributed by atoms with van der Waals surface area (Å²) in [7, 11) is -2.56. The Morgan fingerprint density at radius 1 is 1.42 bits per heavy atom. The number of likely N-dealkylation sites (N-methyl/N-ethyl adjacent to an activating group) is 1. The molecule has 0 spiro atoms. The molecule has 1 atom stereocenters. The summed E-state index contributed by atoms with van der Waals surface area (Å²) in [6, 6.07) is 2.88. The number of rotatable bonds is 8. The first-order valence-corrected chi connectivity index (χ1v) is 8.82. The van der Waals surface area contributed by atoms with Crippen LogP contribution in [0, 0.1) is 5.92 Å². The first kappa shape index (κ1) is 20.0. The number of sulfonamides is 1. The lowest BCUT2D eigenvalue weighted by molar-refractivity contribution is -0.139. The fourth-order valence-corrected chi connectivity index (χ4v) is 3.12. The Bertz CT molecular complexity index is 690. The summed E-state index contributed by atoms with van der Waals surface area (Å²) in [5.41, 5.74) is -0.970. The average molecular weight is 357 g/mol. The highest BCUT2D eigenvalue weighted by Crippen LogP contribution is 2.21. The van der Waals surface area contributed by atoms with Crippen LogP contribution in [0.5, 0.6) is 0 Å². The van der Waals surface area contributed by atoms with E-state index >= 15 is 0 Å². The molecule has 0 saturated heterocycles. The van der Waals surface area contributed by atoms with Gasteiger partial charge in [-0.15, -0.1) is 0 Å². The summed E-state index contributed by atoms with van der Waals surface area (Å²) in [4.78, 5) is 26.9. The second kappa shape index (κ2) is 7.71. The van der Waals surface area contributed by atoms with E-state index in [-0.39, 0.29) is 17.2 Å². The van der Waals surface area contributed by atoms with Crippen LogP contribution in [-0.4, -0.2) is 53.8 Å². The van der Waals surface area contributed by atoms with Gasteiger partial charge >= 0.3 is 5.97 Å². The maximum atomic E-state index is 12.4. The highest BCUT2D eigenvalue weighted by molar-refractivity contribution is 7.89. The third-order valence-corrected chi connectivity index (χ3v) is 5.71. The molecule has 0 aliphatic heterocycles. The zero-order chi connectivity index (χ0) is 18.5. The molecule has 8 nitrogen and oxygen atoms in total. The van der Waals surface area contributed by atoms with Crippen LogP contribution in [0.2, 0.25) is 0 Å². The number of nitrogens with zero attached hydrogens (tertiary/aromatic N) is 2. The summed E-state index contributed by atoms with van der Waals surface area (Å²) in [6.07, 6.45) is 2.40. The molecule has 1 unspecified atom stereocenters. The number of hydrogen-bond acceptors (Lipinski definition) is 5. The molecule has 1 rings (SSSR count). The van der Waals surface area contributed by atoms with Gasteiger partial charge in [0.25, 0.3) is 0 Å². The zero-order valence-corrected chi connectivity index (χ0v) is 15.0. The van der Waals surface area contributed by atoms with Gasteiger partial charge in [-0.05, 0) is 25.0 Å². The van der Waals surface area contributed by atoms with Gasteiger partial charge in [-0.25, -0.2) is 8.42 Å². The number of aromatic nitrogens is 1. The number of aliphatic carboxylic acids is 1. The summed E-state index contributed by atoms with van der Waals surface area (Å²) in [6.45, 7) is 4.79. The minimum Gasteiger partial charge on any atom is -0.481 e. The molecule has 1 aromatic rings. The van der Waals surface area contributed by atoms with Gasteiger partial charge in [-0.2, -0.15) is 4.31 Å². The molecule has 1 heterocycles. The standard InChI is InChI=1S/C15H23N3O5S/c1-11(2)15(3,8-14(20)21)17-13(19)10-18(4)24(22,23)12-6-5-7-16-9-12/h5-7,9,11H,8,10H2,1-4H3,(H,17,19)(H,20,21). The van der Waals surface area contributed by atoms with Crippen LogP contribution in [0.15, 0.2) is 29.4 Å². The van der Waals surface area contributed by atoms with Crippen molar-refractivity contribution >= 4 is 21.9 Å². The number of hydrogen-bond donors (Lipinski definition) is 2. The van der Waals surface area contributed by atoms with Crippen LogP contribution in [0.1, 0.15) is 27.2 Å². The van der Waals surface area contributed by atoms with Crippen molar-refractivity contribution < 1.29 is 23.1 Å². The highest BCUT2D eigenvalue weighted by atomic mass is 32.2. The molecule has 0 aliphatic rings. The largest absolute Gasteiger partial charge is 0.481 e. The Labute approximate surface area is 141 Å². The Hall–Kier alpha value is -2.00. The Kier molecular flexibility index (Phi) is 6.44. The predicted molar refractivity (Wildman–Crippen MR) is 87.7 cm³/mol. The monoisotopic (exact) mass is 357 g/mol. The van der Waals surface area contributed by atoms with Crippen LogP contribution in [0.3, 0.4) is 0 Å². The zero-order valence-electron chi connectivity index (χ0n) is 14.2. The van der Waals surface area contributed by atoms with Crippen molar-refractivity contribution in [2.45, 2.75) is 37.6 Å². The van der Waals surface area contributed by atoms with Gasteiger partial charge in [0.05, 0.1) is 13.0 Å². The lowest BCUT2D eigenvalue weighted by Crippen LogP contribution is -2.53. The second-order valence-corrected chi connectivity index (χ2v) is 8.19. The quantitative estimate of drug-likeness (QED) is 0.708. The fraction of sp³-hybridized carbons (Fsp3) is 0.533. The van der Waals surface area contributed by atoms with Crippen LogP contribution < -0.4 is 5.32 Å². The van der Waals surface area contributed by atoms with Crippen LogP contribution in [-0.2, 0) is 19.6 Å². The molecule has 0 bridgehead atoms. The molecule has 0 aliphatic carbocycles. The van der Waals surface area contributed by atoms with E-state index in [0.717, 1.165) is 4.31 Å². The van der Waals surface area contributed by atoms with Gasteiger partial charge in [0.1, 0.15) is 4.90 Å². The van der Waals surface area contributed by atoms with Crippen molar-refractivity contribution in [1.82, 2.24) is 14.6 Å². The van der Waals surface area contributed by atoms with Crippen molar-refractivity contribution in [3.8, 4) is 0 Å². The van der Waals surface area contributed by atoms with E-state index in [1.54, 1.807) is 20.8 Å². The van der Waals surface area contributed by atoms with Crippen LogP contribution >= 0.6 is 0 Å². The molecule has 1 amide bonds. The topological polar surface area (TPSA) is 117 Å². The highest BCUT2D eigenvalue weighted by Gasteiger charge is 2.34. The maximum absolute atomic E-state index is 12.4. The van der Waals surface area contributed by atoms with Gasteiger partial charge in [0.2, 0.25) is 15.9 Å². The van der Waals surface area contributed by atoms with Crippen molar-refractivity contribution in [3.05, 3.63) is 24.5 Å². The summed E-state index contributed by atoms with van der Waals surface area (Å²) in [5, 5.41) is 11.6. The van der Waals surface area contributed by atoms with Gasteiger partial charge in [0, 0.05) is 25.0 Å². The van der Waals surface area contributed by atoms with E-state index in [2.05, 4.69) is 10.3 Å². The molecule has 0 aromatic carbocycles. The molecule has 134 valence electrons. The van der Waals surface area contributed by atoms with Gasteiger partial charge < -0.3 is 10.4 Å². The van der Waals surface area contributed by atoms with Gasteiger partial charge in [-0.3, -0.25) is 14.6 Å². The van der Waals surface area contributed by atoms with Gasteiger partial charge in [-0.1, -0.05) is 13.8 Å². The SMILES string of the molecule is CC(C)C(C)(CC(=O)O)NC(=O)CN(C)S(=O)(=O)c1cccnc1. The first-order valence-electron chi connectivity index (χ1n) is 7.38. The third-order valence-electron chi connectivity index (χ3n) is 3.93. The molecule has 1 aromatic heterocycles. The van der Waals surface area contributed by atoms with E-state index in [1.165, 1.54) is 31.6 Å². The number of carboxylic acid groups (broad SMARTS) is 1. The van der Waals surface area contributed by atoms with E-state index in [1.807, 2.05) is 0 Å². The van der Waals surface area contributed by atoms with Crippen molar-refractivity contribution in [2.75, 3.05) is 13.6 Å². The summed E-state index contributed by atoms with van der Waals surface area (Å²) in [5.74, 6) is -1.75. The van der Waals surface area contributed by atoms with Gasteiger partial charge in [0.15, 0.2) is 0 Å². The maximum Gasteiger partial charge on any atom is 0.305 e. The number of carbonyl (C=O) groups is 2. The van der Waals surface area contributed by atoms with E-state index < -0.39 is 34.0 Å². The molecule has 9 heteroatoms. The average Bonchev–Trinajstić information content (AvgIpc) is 2.46. The van der Waals surface area contributed by atoms with Crippen molar-refractivity contribution in [2.24, 2.45) is 5.92 Å². The fourth-order valence-electron chi connectivity index (χ4n) is 2.03. The van der Waals surface area contributed by atoms with E-state index in [0.29, 0.717) is 0 Å². The van der Waals surface area contributed by atoms with Crippen molar-refractivity contribution in [1.29, 1.82) is 0 Å². The molecule has 2 N–H and O–H groups in total. The number of carboxylic acids is 1. The van der Waals surface area contributed by atoms with Crippen LogP contribution in [0.25, 0.3) is 0 Å². The summed E-state index contributed by atoms with van der Waals surface area (Å²) >= 11 is 0. The molecule has 0 saturated carbocycles. The first-order chi connectivity index (χ1) is 11.0. The number of pyridine rings is 1. The van der Waals surface area contributed by atoms with E-state index in [4.69, 9.17) is 5.11 Å². The molecule has 0 fully saturated rings. The number of carbonyl (C=O) groups excluding carboxylic acids is 1. The van der Waals surface area contributed by atoms with Crippen molar-refractivity contribution in [3.63, 3.8) is 0 Å². The van der Waals surface area contributed by atoms with Crippen LogP contribution in [0.4, 0.5) is 0 Å². The molecule has 24 heavy (non-hydrogen) atoms. The minimum atomic E-state index is -3.84. The molecular formula is C15H23N3O5S. The Balaban J connectivity index is 2.85. The smallest absolute Gasteiger partial charge is 0.305 e. The predicted octanol–water partition coefficient (Wildman–Crippen LogP) is 0.708. The second-order valence-electron chi connectivity index (χ2n) is 6.14. The number of amides is 1. The lowest BCUT2D eigenvalue weighted by atomic mass is 9.85. The summed E-state index contributed by atoms with van der Waals surface area (Å²) < 4.78 is 25.6. The van der Waals surface area contributed by atoms with E-state index in [9.17, 15) is 18.0 Å². The number of nitrogens with one attached hydrogen (secondary N) is 1. The Morgan fingerprint density at radius 3 is 2.50 bits per heavy atom. The third kappa shape index (κ3) is 5.00. The minimum absolute atomic E-state index is 0.0162. The normalized spacial score (nSPS) is 14.4. The molecule has 0 radical (unpaired) electrons. The lowest BCUT2D eigenvalue weighted by Gasteiger charge is -2.34. The molecular weight excluding hydrogens is 334 g/mol.